The van der Waals surface area contributed by atoms with E-state index in [2.05, 4.69) is 15.6 Å². The lowest BCUT2D eigenvalue weighted by atomic mass is 10.2. The summed E-state index contributed by atoms with van der Waals surface area (Å²) in [6, 6.07) is 15.6. The average Bonchev–Trinajstić information content (AvgIpc) is 3.16. The Balaban J connectivity index is 1.47. The van der Waals surface area contributed by atoms with Gasteiger partial charge >= 0.3 is 0 Å². The topological polar surface area (TPSA) is 131 Å². The number of anilines is 1. The first-order chi connectivity index (χ1) is 15.3. The molecule has 9 nitrogen and oxygen atoms in total. The van der Waals surface area contributed by atoms with Gasteiger partial charge in [0.1, 0.15) is 11.3 Å². The number of phenolic OH excluding ortho intramolecular Hbond substituents is 1. The van der Waals surface area contributed by atoms with Crippen molar-refractivity contribution in [1.82, 2.24) is 10.3 Å². The number of nitrogens with zero attached hydrogens (tertiary/aromatic N) is 2. The summed E-state index contributed by atoms with van der Waals surface area (Å²) in [6.07, 6.45) is 0. The lowest BCUT2D eigenvalue weighted by Gasteiger charge is -2.10. The van der Waals surface area contributed by atoms with E-state index in [1.54, 1.807) is 12.1 Å². The third-order valence-electron chi connectivity index (χ3n) is 4.58. The second-order valence-electron chi connectivity index (χ2n) is 6.94. The third kappa shape index (κ3) is 4.40. The minimum Gasteiger partial charge on any atom is -0.507 e. The molecule has 160 valence electrons. The van der Waals surface area contributed by atoms with Crippen molar-refractivity contribution in [2.45, 2.75) is 6.92 Å². The molecule has 0 aliphatic rings. The standard InChI is InChI=1S/C22H16N4O5S/c1-12-5-8-17-19(9-12)31-21(24-17)16-7-6-14(11-18(16)27)23-22(32)25-20(28)13-3-2-4-15(10-13)26(29)30/h2-11,27H,1H3,(H2,23,25,28,32). The number of aromatic nitrogens is 1. The molecule has 3 aromatic carbocycles. The van der Waals surface area contributed by atoms with Gasteiger partial charge in [0.15, 0.2) is 10.7 Å². The van der Waals surface area contributed by atoms with Crippen molar-refractivity contribution in [3.8, 4) is 17.2 Å². The van der Waals surface area contributed by atoms with Gasteiger partial charge in [-0.2, -0.15) is 0 Å². The molecule has 3 N–H and O–H groups in total. The highest BCUT2D eigenvalue weighted by Crippen LogP contribution is 2.33. The van der Waals surface area contributed by atoms with E-state index >= 15 is 0 Å². The molecular weight excluding hydrogens is 432 g/mol. The number of hydrogen-bond donors (Lipinski definition) is 3. The second kappa shape index (κ2) is 8.44. The zero-order valence-electron chi connectivity index (χ0n) is 16.7. The molecule has 0 atom stereocenters. The number of amides is 1. The highest BCUT2D eigenvalue weighted by molar-refractivity contribution is 7.80. The molecular formula is C22H16N4O5S. The Morgan fingerprint density at radius 2 is 1.97 bits per heavy atom. The van der Waals surface area contributed by atoms with Gasteiger partial charge in [0.25, 0.3) is 11.6 Å². The summed E-state index contributed by atoms with van der Waals surface area (Å²) < 4.78 is 5.74. The quantitative estimate of drug-likeness (QED) is 0.236. The van der Waals surface area contributed by atoms with Gasteiger partial charge < -0.3 is 14.8 Å². The van der Waals surface area contributed by atoms with Gasteiger partial charge in [-0.05, 0) is 55.0 Å². The Hall–Kier alpha value is -4.31. The number of nitrogens with one attached hydrogen (secondary N) is 2. The lowest BCUT2D eigenvalue weighted by molar-refractivity contribution is -0.384. The maximum absolute atomic E-state index is 12.3. The number of oxazole rings is 1. The van der Waals surface area contributed by atoms with Crippen molar-refractivity contribution in [2.24, 2.45) is 0 Å². The van der Waals surface area contributed by atoms with Crippen LogP contribution >= 0.6 is 12.2 Å². The number of benzene rings is 3. The number of hydrogen-bond acceptors (Lipinski definition) is 7. The molecule has 4 rings (SSSR count). The normalized spacial score (nSPS) is 10.7. The van der Waals surface area contributed by atoms with Crippen LogP contribution in [0.1, 0.15) is 15.9 Å². The molecule has 0 aliphatic carbocycles. The first-order valence-electron chi connectivity index (χ1n) is 9.37. The smallest absolute Gasteiger partial charge is 0.270 e. The summed E-state index contributed by atoms with van der Waals surface area (Å²) >= 11 is 5.13. The number of thiocarbonyl (C=S) groups is 1. The van der Waals surface area contributed by atoms with Crippen LogP contribution in [-0.2, 0) is 0 Å². The second-order valence-corrected chi connectivity index (χ2v) is 7.35. The van der Waals surface area contributed by atoms with E-state index in [1.807, 2.05) is 25.1 Å². The summed E-state index contributed by atoms with van der Waals surface area (Å²) in [6.45, 7) is 1.94. The Morgan fingerprint density at radius 3 is 2.72 bits per heavy atom. The van der Waals surface area contributed by atoms with Crippen LogP contribution in [0.25, 0.3) is 22.6 Å². The molecule has 1 heterocycles. The van der Waals surface area contributed by atoms with E-state index in [-0.39, 0.29) is 28.0 Å². The van der Waals surface area contributed by atoms with E-state index in [9.17, 15) is 20.0 Å². The number of fused-ring (bicyclic) bond motifs is 1. The van der Waals surface area contributed by atoms with Crippen LogP contribution in [0.4, 0.5) is 11.4 Å². The molecule has 32 heavy (non-hydrogen) atoms. The largest absolute Gasteiger partial charge is 0.507 e. The molecule has 0 bridgehead atoms. The molecule has 0 fully saturated rings. The Labute approximate surface area is 186 Å². The third-order valence-corrected chi connectivity index (χ3v) is 4.78. The van der Waals surface area contributed by atoms with Gasteiger partial charge in [-0.15, -0.1) is 0 Å². The molecule has 0 saturated carbocycles. The fourth-order valence-electron chi connectivity index (χ4n) is 3.04. The van der Waals surface area contributed by atoms with Gasteiger partial charge in [-0.3, -0.25) is 20.2 Å². The number of carbonyl (C=O) groups is 1. The predicted octanol–water partition coefficient (Wildman–Crippen LogP) is 4.54. The minimum absolute atomic E-state index is 0.0361. The molecule has 1 aromatic heterocycles. The van der Waals surface area contributed by atoms with E-state index in [1.165, 1.54) is 24.3 Å². The zero-order chi connectivity index (χ0) is 22.8. The molecule has 0 aliphatic heterocycles. The van der Waals surface area contributed by atoms with Gasteiger partial charge in [0.05, 0.1) is 10.5 Å². The summed E-state index contributed by atoms with van der Waals surface area (Å²) in [5.74, 6) is -0.420. The van der Waals surface area contributed by atoms with Crippen molar-refractivity contribution in [3.63, 3.8) is 0 Å². The van der Waals surface area contributed by atoms with Crippen LogP contribution in [0.15, 0.2) is 65.1 Å². The van der Waals surface area contributed by atoms with Crippen LogP contribution in [0, 0.1) is 17.0 Å². The summed E-state index contributed by atoms with van der Waals surface area (Å²) in [5, 5.41) is 26.5. The number of carbonyl (C=O) groups excluding carboxylic acids is 1. The van der Waals surface area contributed by atoms with E-state index in [0.29, 0.717) is 22.4 Å². The molecule has 1 amide bonds. The predicted molar refractivity (Wildman–Crippen MR) is 123 cm³/mol. The van der Waals surface area contributed by atoms with Gasteiger partial charge in [0.2, 0.25) is 5.89 Å². The van der Waals surface area contributed by atoms with Crippen LogP contribution in [0.5, 0.6) is 5.75 Å². The highest BCUT2D eigenvalue weighted by atomic mass is 32.1. The van der Waals surface area contributed by atoms with E-state index in [0.717, 1.165) is 11.6 Å². The monoisotopic (exact) mass is 448 g/mol. The molecule has 0 radical (unpaired) electrons. The summed E-state index contributed by atoms with van der Waals surface area (Å²) in [7, 11) is 0. The SMILES string of the molecule is Cc1ccc2nc(-c3ccc(NC(=S)NC(=O)c4cccc([N+](=O)[O-])c4)cc3O)oc2c1. The molecule has 4 aromatic rings. The number of non-ortho nitro benzene ring substituents is 1. The highest BCUT2D eigenvalue weighted by Gasteiger charge is 2.15. The van der Waals surface area contributed by atoms with Crippen LogP contribution < -0.4 is 10.6 Å². The number of aromatic hydroxyl groups is 1. The van der Waals surface area contributed by atoms with Crippen LogP contribution in [-0.4, -0.2) is 26.0 Å². The molecule has 0 saturated heterocycles. The number of rotatable bonds is 4. The number of aryl methyl sites for hydroxylation is 1. The maximum atomic E-state index is 12.3. The van der Waals surface area contributed by atoms with Crippen molar-refractivity contribution in [3.05, 3.63) is 81.9 Å². The summed E-state index contributed by atoms with van der Waals surface area (Å²) in [5.41, 5.74) is 3.03. The van der Waals surface area contributed by atoms with Crippen molar-refractivity contribution in [1.29, 1.82) is 0 Å². The number of nitro benzene ring substituents is 1. The van der Waals surface area contributed by atoms with Crippen LogP contribution in [0.3, 0.4) is 0 Å². The van der Waals surface area contributed by atoms with Gasteiger partial charge in [0, 0.05) is 29.4 Å². The molecule has 0 spiro atoms. The van der Waals surface area contributed by atoms with Crippen molar-refractivity contribution < 1.29 is 19.2 Å². The Kier molecular flexibility index (Phi) is 5.52. The fraction of sp³-hybridized carbons (Fsp3) is 0.0455. The van der Waals surface area contributed by atoms with Gasteiger partial charge in [-0.1, -0.05) is 12.1 Å². The van der Waals surface area contributed by atoms with Gasteiger partial charge in [-0.25, -0.2) is 4.98 Å². The summed E-state index contributed by atoms with van der Waals surface area (Å²) in [4.78, 5) is 27.0. The lowest BCUT2D eigenvalue weighted by Crippen LogP contribution is -2.34. The zero-order valence-corrected chi connectivity index (χ0v) is 17.5. The minimum atomic E-state index is -0.603. The molecule has 0 unspecified atom stereocenters. The first kappa shape index (κ1) is 20.9. The Morgan fingerprint density at radius 1 is 1.16 bits per heavy atom. The van der Waals surface area contributed by atoms with Crippen LogP contribution in [0.2, 0.25) is 0 Å². The molecule has 10 heteroatoms. The number of phenols is 1. The Bertz CT molecular complexity index is 1380. The fourth-order valence-corrected chi connectivity index (χ4v) is 3.25. The average molecular weight is 448 g/mol. The van der Waals surface area contributed by atoms with E-state index < -0.39 is 10.8 Å². The van der Waals surface area contributed by atoms with E-state index in [4.69, 9.17) is 16.6 Å². The first-order valence-corrected chi connectivity index (χ1v) is 9.78. The van der Waals surface area contributed by atoms with Crippen molar-refractivity contribution >= 4 is 45.7 Å². The van der Waals surface area contributed by atoms with Crippen molar-refractivity contribution in [2.75, 3.05) is 5.32 Å². The number of nitro groups is 1. The maximum Gasteiger partial charge on any atom is 0.270 e.